The summed E-state index contributed by atoms with van der Waals surface area (Å²) in [5, 5.41) is 4.29. The van der Waals surface area contributed by atoms with E-state index in [9.17, 15) is 4.79 Å². The molecule has 0 radical (unpaired) electrons. The zero-order valence-electron chi connectivity index (χ0n) is 17.5. The van der Waals surface area contributed by atoms with Crippen molar-refractivity contribution in [2.45, 2.75) is 53.1 Å². The molecule has 0 fully saturated rings. The van der Waals surface area contributed by atoms with Crippen molar-refractivity contribution in [1.29, 1.82) is 0 Å². The Labute approximate surface area is 167 Å². The van der Waals surface area contributed by atoms with Crippen LogP contribution >= 0.6 is 0 Å². The number of H-pyrrole nitrogens is 1. The predicted octanol–water partition coefficient (Wildman–Crippen LogP) is 5.17. The monoisotopic (exact) mass is 377 g/mol. The Morgan fingerprint density at radius 3 is 2.29 bits per heavy atom. The maximum atomic E-state index is 12.4. The van der Waals surface area contributed by atoms with Crippen LogP contribution in [0.1, 0.15) is 63.7 Å². The first-order chi connectivity index (χ1) is 13.3. The summed E-state index contributed by atoms with van der Waals surface area (Å²) in [5.41, 5.74) is 3.27. The average Bonchev–Trinajstić information content (AvgIpc) is 2.66. The normalized spacial score (nSPS) is 14.0. The first-order valence-corrected chi connectivity index (χ1v) is 10.2. The van der Waals surface area contributed by atoms with Gasteiger partial charge in [0.05, 0.1) is 16.9 Å². The van der Waals surface area contributed by atoms with Crippen LogP contribution in [0.3, 0.4) is 0 Å². The molecule has 2 aromatic carbocycles. The van der Waals surface area contributed by atoms with Gasteiger partial charge in [-0.3, -0.25) is 4.79 Å². The van der Waals surface area contributed by atoms with Crippen molar-refractivity contribution in [3.05, 3.63) is 75.8 Å². The Hall–Kier alpha value is -2.46. The van der Waals surface area contributed by atoms with Gasteiger partial charge in [-0.05, 0) is 48.4 Å². The molecule has 4 nitrogen and oxygen atoms in total. The van der Waals surface area contributed by atoms with Crippen molar-refractivity contribution in [1.82, 2.24) is 15.3 Å². The smallest absolute Gasteiger partial charge is 0.258 e. The van der Waals surface area contributed by atoms with Gasteiger partial charge in [0, 0.05) is 6.04 Å². The standard InChI is InChI=1S/C24H31N3O/c1-15(2)14-18-10-12-19(13-11-18)22(16(3)4)25-17(5)23-26-21-9-7-6-8-20(21)24(28)27-23/h6-13,15-17,22,25H,14H2,1-5H3,(H,26,27,28)/t17-,22-/m0/s1. The van der Waals surface area contributed by atoms with Gasteiger partial charge in [0.2, 0.25) is 0 Å². The molecule has 4 heteroatoms. The van der Waals surface area contributed by atoms with Crippen LogP contribution in [0.15, 0.2) is 53.3 Å². The molecule has 0 aliphatic carbocycles. The first-order valence-electron chi connectivity index (χ1n) is 10.2. The van der Waals surface area contributed by atoms with Crippen LogP contribution in [0.2, 0.25) is 0 Å². The third-order valence-electron chi connectivity index (χ3n) is 5.12. The van der Waals surface area contributed by atoms with Gasteiger partial charge in [0.25, 0.3) is 5.56 Å². The predicted molar refractivity (Wildman–Crippen MR) is 116 cm³/mol. The molecule has 0 aliphatic heterocycles. The van der Waals surface area contributed by atoms with Gasteiger partial charge in [0.1, 0.15) is 5.82 Å². The maximum absolute atomic E-state index is 12.4. The van der Waals surface area contributed by atoms with Crippen LogP contribution in [0.5, 0.6) is 0 Å². The van der Waals surface area contributed by atoms with E-state index in [4.69, 9.17) is 0 Å². The second-order valence-electron chi connectivity index (χ2n) is 8.42. The Morgan fingerprint density at radius 1 is 0.964 bits per heavy atom. The molecule has 1 aromatic heterocycles. The molecule has 28 heavy (non-hydrogen) atoms. The second-order valence-corrected chi connectivity index (χ2v) is 8.42. The van der Waals surface area contributed by atoms with Gasteiger partial charge in [-0.25, -0.2) is 4.98 Å². The fraction of sp³-hybridized carbons (Fsp3) is 0.417. The van der Waals surface area contributed by atoms with Crippen LogP contribution in [0.25, 0.3) is 10.9 Å². The minimum Gasteiger partial charge on any atom is -0.309 e. The number of nitrogens with zero attached hydrogens (tertiary/aromatic N) is 1. The highest BCUT2D eigenvalue weighted by atomic mass is 16.1. The molecule has 0 saturated heterocycles. The Balaban J connectivity index is 1.83. The Kier molecular flexibility index (Phi) is 6.30. The Morgan fingerprint density at radius 2 is 1.64 bits per heavy atom. The van der Waals surface area contributed by atoms with E-state index in [0.717, 1.165) is 11.9 Å². The van der Waals surface area contributed by atoms with Gasteiger partial charge >= 0.3 is 0 Å². The van der Waals surface area contributed by atoms with Crippen LogP contribution in [-0.2, 0) is 6.42 Å². The minimum atomic E-state index is -0.0895. The SMILES string of the molecule is CC(C)Cc1ccc([C@@H](N[C@@H](C)c2nc3ccccc3c(=O)[nH]2)C(C)C)cc1. The second kappa shape index (κ2) is 8.70. The van der Waals surface area contributed by atoms with E-state index in [1.807, 2.05) is 18.2 Å². The number of aromatic nitrogens is 2. The largest absolute Gasteiger partial charge is 0.309 e. The molecular weight excluding hydrogens is 346 g/mol. The van der Waals surface area contributed by atoms with Crippen LogP contribution in [0.4, 0.5) is 0 Å². The van der Waals surface area contributed by atoms with E-state index in [0.29, 0.717) is 23.0 Å². The molecule has 3 aromatic rings. The van der Waals surface area contributed by atoms with Crippen molar-refractivity contribution in [2.24, 2.45) is 11.8 Å². The lowest BCUT2D eigenvalue weighted by Gasteiger charge is -2.27. The number of nitrogens with one attached hydrogen (secondary N) is 2. The molecule has 0 amide bonds. The molecule has 0 aliphatic rings. The van der Waals surface area contributed by atoms with Crippen molar-refractivity contribution >= 4 is 10.9 Å². The highest BCUT2D eigenvalue weighted by molar-refractivity contribution is 5.77. The van der Waals surface area contributed by atoms with E-state index >= 15 is 0 Å². The van der Waals surface area contributed by atoms with Crippen LogP contribution < -0.4 is 10.9 Å². The first kappa shape index (κ1) is 20.3. The molecule has 2 N–H and O–H groups in total. The number of rotatable bonds is 7. The fourth-order valence-corrected chi connectivity index (χ4v) is 3.66. The van der Waals surface area contributed by atoms with Gasteiger partial charge in [0.15, 0.2) is 0 Å². The summed E-state index contributed by atoms with van der Waals surface area (Å²) in [6, 6.07) is 16.5. The van der Waals surface area contributed by atoms with Gasteiger partial charge < -0.3 is 10.3 Å². The van der Waals surface area contributed by atoms with E-state index in [-0.39, 0.29) is 17.6 Å². The zero-order chi connectivity index (χ0) is 20.3. The average molecular weight is 378 g/mol. The highest BCUT2D eigenvalue weighted by Gasteiger charge is 2.20. The fourth-order valence-electron chi connectivity index (χ4n) is 3.66. The van der Waals surface area contributed by atoms with Gasteiger partial charge in [-0.15, -0.1) is 0 Å². The molecule has 0 bridgehead atoms. The third kappa shape index (κ3) is 4.68. The highest BCUT2D eigenvalue weighted by Crippen LogP contribution is 2.26. The van der Waals surface area contributed by atoms with E-state index in [1.165, 1.54) is 11.1 Å². The zero-order valence-corrected chi connectivity index (χ0v) is 17.5. The molecular formula is C24H31N3O. The lowest BCUT2D eigenvalue weighted by molar-refractivity contribution is 0.367. The number of para-hydroxylation sites is 1. The summed E-state index contributed by atoms with van der Waals surface area (Å²) in [6.07, 6.45) is 1.10. The van der Waals surface area contributed by atoms with Crippen molar-refractivity contribution in [3.8, 4) is 0 Å². The molecule has 2 atom stereocenters. The molecule has 148 valence electrons. The maximum Gasteiger partial charge on any atom is 0.258 e. The number of hydrogen-bond donors (Lipinski definition) is 2. The van der Waals surface area contributed by atoms with Crippen molar-refractivity contribution in [2.75, 3.05) is 0 Å². The van der Waals surface area contributed by atoms with Gasteiger partial charge in [-0.1, -0.05) is 64.1 Å². The van der Waals surface area contributed by atoms with E-state index < -0.39 is 0 Å². The summed E-state index contributed by atoms with van der Waals surface area (Å²) < 4.78 is 0. The topological polar surface area (TPSA) is 57.8 Å². The number of aromatic amines is 1. The summed E-state index contributed by atoms with van der Waals surface area (Å²) in [5.74, 6) is 1.73. The van der Waals surface area contributed by atoms with Gasteiger partial charge in [-0.2, -0.15) is 0 Å². The molecule has 3 rings (SSSR count). The lowest BCUT2D eigenvalue weighted by Crippen LogP contribution is -2.30. The summed E-state index contributed by atoms with van der Waals surface area (Å²) in [6.45, 7) is 11.0. The minimum absolute atomic E-state index is 0.0694. The van der Waals surface area contributed by atoms with Crippen molar-refractivity contribution < 1.29 is 0 Å². The summed E-state index contributed by atoms with van der Waals surface area (Å²) >= 11 is 0. The van der Waals surface area contributed by atoms with E-state index in [1.54, 1.807) is 6.07 Å². The van der Waals surface area contributed by atoms with E-state index in [2.05, 4.69) is 74.2 Å². The molecule has 0 spiro atoms. The lowest BCUT2D eigenvalue weighted by atomic mass is 9.93. The van der Waals surface area contributed by atoms with Crippen molar-refractivity contribution in [3.63, 3.8) is 0 Å². The van der Waals surface area contributed by atoms with Crippen LogP contribution in [-0.4, -0.2) is 9.97 Å². The molecule has 0 unspecified atom stereocenters. The Bertz CT molecular complexity index is 973. The number of benzene rings is 2. The molecule has 1 heterocycles. The summed E-state index contributed by atoms with van der Waals surface area (Å²) in [7, 11) is 0. The molecule has 0 saturated carbocycles. The van der Waals surface area contributed by atoms with Crippen LogP contribution in [0, 0.1) is 11.8 Å². The number of fused-ring (bicyclic) bond motifs is 1. The summed E-state index contributed by atoms with van der Waals surface area (Å²) in [4.78, 5) is 20.0. The third-order valence-corrected chi connectivity index (χ3v) is 5.12. The quantitative estimate of drug-likeness (QED) is 0.597. The number of hydrogen-bond acceptors (Lipinski definition) is 3.